The summed E-state index contributed by atoms with van der Waals surface area (Å²) in [5.74, 6) is 0. The standard InChI is InChI=1S/C9H14ClN3/c10-9-6-12-7-13(9)8-2-1-4-11-5-3-8/h6-8,11H,1-5H2. The number of nitrogens with zero attached hydrogens (tertiary/aromatic N) is 2. The zero-order valence-electron chi connectivity index (χ0n) is 7.54. The number of hydrogen-bond acceptors (Lipinski definition) is 2. The maximum atomic E-state index is 6.01. The molecule has 1 aromatic rings. The van der Waals surface area contributed by atoms with Crippen molar-refractivity contribution in [2.75, 3.05) is 13.1 Å². The second-order valence-electron chi connectivity index (χ2n) is 3.46. The normalized spacial score (nSPS) is 24.2. The third-order valence-electron chi connectivity index (χ3n) is 2.56. The van der Waals surface area contributed by atoms with E-state index in [1.807, 2.05) is 6.33 Å². The molecule has 0 aromatic carbocycles. The molecule has 4 heteroatoms. The first kappa shape index (κ1) is 9.03. The van der Waals surface area contributed by atoms with E-state index >= 15 is 0 Å². The van der Waals surface area contributed by atoms with Gasteiger partial charge in [-0.25, -0.2) is 4.98 Å². The summed E-state index contributed by atoms with van der Waals surface area (Å²) in [6.45, 7) is 2.21. The van der Waals surface area contributed by atoms with Gasteiger partial charge in [0.25, 0.3) is 0 Å². The van der Waals surface area contributed by atoms with Crippen LogP contribution in [0.15, 0.2) is 12.5 Å². The quantitative estimate of drug-likeness (QED) is 0.748. The summed E-state index contributed by atoms with van der Waals surface area (Å²) in [4.78, 5) is 4.04. The lowest BCUT2D eigenvalue weighted by Crippen LogP contribution is -2.15. The van der Waals surface area contributed by atoms with Gasteiger partial charge in [-0.15, -0.1) is 0 Å². The number of nitrogens with one attached hydrogen (secondary N) is 1. The highest BCUT2D eigenvalue weighted by atomic mass is 35.5. The van der Waals surface area contributed by atoms with E-state index in [-0.39, 0.29) is 0 Å². The molecular formula is C9H14ClN3. The Morgan fingerprint density at radius 1 is 1.46 bits per heavy atom. The second kappa shape index (κ2) is 4.11. The van der Waals surface area contributed by atoms with E-state index in [9.17, 15) is 0 Å². The lowest BCUT2D eigenvalue weighted by molar-refractivity contribution is 0.454. The van der Waals surface area contributed by atoms with Crippen molar-refractivity contribution in [3.63, 3.8) is 0 Å². The molecule has 1 aliphatic rings. The third kappa shape index (κ3) is 2.03. The van der Waals surface area contributed by atoms with Crippen molar-refractivity contribution in [3.8, 4) is 0 Å². The zero-order chi connectivity index (χ0) is 9.10. The fraction of sp³-hybridized carbons (Fsp3) is 0.667. The summed E-state index contributed by atoms with van der Waals surface area (Å²) >= 11 is 6.01. The van der Waals surface area contributed by atoms with E-state index in [2.05, 4.69) is 14.9 Å². The highest BCUT2D eigenvalue weighted by Crippen LogP contribution is 2.23. The van der Waals surface area contributed by atoms with Crippen molar-refractivity contribution in [1.82, 2.24) is 14.9 Å². The maximum absolute atomic E-state index is 6.01. The highest BCUT2D eigenvalue weighted by molar-refractivity contribution is 6.29. The van der Waals surface area contributed by atoms with Gasteiger partial charge in [0.05, 0.1) is 12.5 Å². The molecule has 0 bridgehead atoms. The molecule has 2 rings (SSSR count). The number of rotatable bonds is 1. The van der Waals surface area contributed by atoms with Crippen LogP contribution in [0.2, 0.25) is 5.15 Å². The first-order valence-corrected chi connectivity index (χ1v) is 5.14. The molecule has 72 valence electrons. The van der Waals surface area contributed by atoms with Gasteiger partial charge in [0.2, 0.25) is 0 Å². The van der Waals surface area contributed by atoms with Crippen LogP contribution in [0.5, 0.6) is 0 Å². The smallest absolute Gasteiger partial charge is 0.128 e. The van der Waals surface area contributed by atoms with Crippen molar-refractivity contribution in [1.29, 1.82) is 0 Å². The van der Waals surface area contributed by atoms with Crippen molar-refractivity contribution in [2.45, 2.75) is 25.3 Å². The molecule has 3 nitrogen and oxygen atoms in total. The van der Waals surface area contributed by atoms with Gasteiger partial charge >= 0.3 is 0 Å². The average molecular weight is 200 g/mol. The molecule has 1 atom stereocenters. The topological polar surface area (TPSA) is 29.9 Å². The Morgan fingerprint density at radius 3 is 3.15 bits per heavy atom. The minimum absolute atomic E-state index is 0.532. The molecule has 13 heavy (non-hydrogen) atoms. The van der Waals surface area contributed by atoms with Crippen LogP contribution in [0.1, 0.15) is 25.3 Å². The van der Waals surface area contributed by atoms with Crippen LogP contribution < -0.4 is 5.32 Å². The minimum Gasteiger partial charge on any atom is -0.319 e. The molecule has 1 fully saturated rings. The molecule has 0 radical (unpaired) electrons. The summed E-state index contributed by atoms with van der Waals surface area (Å²) in [5.41, 5.74) is 0. The average Bonchev–Trinajstić information content (AvgIpc) is 2.43. The van der Waals surface area contributed by atoms with Gasteiger partial charge in [-0.2, -0.15) is 0 Å². The predicted molar refractivity (Wildman–Crippen MR) is 53.0 cm³/mol. The zero-order valence-corrected chi connectivity index (χ0v) is 8.30. The van der Waals surface area contributed by atoms with E-state index in [0.29, 0.717) is 6.04 Å². The monoisotopic (exact) mass is 199 g/mol. The molecule has 1 aromatic heterocycles. The van der Waals surface area contributed by atoms with Gasteiger partial charge in [0.15, 0.2) is 0 Å². The molecular weight excluding hydrogens is 186 g/mol. The van der Waals surface area contributed by atoms with Gasteiger partial charge in [-0.05, 0) is 32.4 Å². The van der Waals surface area contributed by atoms with Crippen LogP contribution in [-0.4, -0.2) is 22.6 Å². The molecule has 1 aliphatic heterocycles. The Hall–Kier alpha value is -0.540. The fourth-order valence-corrected chi connectivity index (χ4v) is 2.07. The number of aromatic nitrogens is 2. The van der Waals surface area contributed by atoms with Crippen molar-refractivity contribution in [3.05, 3.63) is 17.7 Å². The molecule has 1 saturated heterocycles. The van der Waals surface area contributed by atoms with E-state index < -0.39 is 0 Å². The van der Waals surface area contributed by atoms with Gasteiger partial charge < -0.3 is 9.88 Å². The Balaban J connectivity index is 2.10. The van der Waals surface area contributed by atoms with Gasteiger partial charge in [0.1, 0.15) is 5.15 Å². The largest absolute Gasteiger partial charge is 0.319 e. The summed E-state index contributed by atoms with van der Waals surface area (Å²) in [5, 5.41) is 4.14. The minimum atomic E-state index is 0.532. The summed E-state index contributed by atoms with van der Waals surface area (Å²) in [7, 11) is 0. The maximum Gasteiger partial charge on any atom is 0.128 e. The number of imidazole rings is 1. The summed E-state index contributed by atoms with van der Waals surface area (Å²) in [6, 6.07) is 0.532. The predicted octanol–water partition coefficient (Wildman–Crippen LogP) is 1.85. The molecule has 0 spiro atoms. The highest BCUT2D eigenvalue weighted by Gasteiger charge is 2.14. The van der Waals surface area contributed by atoms with Crippen molar-refractivity contribution in [2.24, 2.45) is 0 Å². The van der Waals surface area contributed by atoms with Crippen molar-refractivity contribution < 1.29 is 0 Å². The Labute approximate surface area is 83.1 Å². The van der Waals surface area contributed by atoms with E-state index in [0.717, 1.165) is 24.7 Å². The van der Waals surface area contributed by atoms with E-state index in [4.69, 9.17) is 11.6 Å². The fourth-order valence-electron chi connectivity index (χ4n) is 1.84. The lowest BCUT2D eigenvalue weighted by Gasteiger charge is -2.15. The molecule has 0 amide bonds. The van der Waals surface area contributed by atoms with E-state index in [1.54, 1.807) is 6.20 Å². The number of halogens is 1. The Bertz CT molecular complexity index is 264. The Morgan fingerprint density at radius 2 is 2.38 bits per heavy atom. The Kier molecular flexibility index (Phi) is 2.86. The van der Waals surface area contributed by atoms with Gasteiger partial charge in [-0.3, -0.25) is 0 Å². The summed E-state index contributed by atoms with van der Waals surface area (Å²) in [6.07, 6.45) is 7.11. The lowest BCUT2D eigenvalue weighted by atomic mass is 10.1. The first-order chi connectivity index (χ1) is 6.38. The van der Waals surface area contributed by atoms with Crippen LogP contribution in [0.4, 0.5) is 0 Å². The van der Waals surface area contributed by atoms with Crippen molar-refractivity contribution >= 4 is 11.6 Å². The first-order valence-electron chi connectivity index (χ1n) is 4.76. The molecule has 1 unspecified atom stereocenters. The third-order valence-corrected chi connectivity index (χ3v) is 2.85. The SMILES string of the molecule is Clc1cncn1C1CCCNCC1. The van der Waals surface area contributed by atoms with Gasteiger partial charge in [0, 0.05) is 6.04 Å². The van der Waals surface area contributed by atoms with E-state index in [1.165, 1.54) is 12.8 Å². The van der Waals surface area contributed by atoms with Crippen LogP contribution >= 0.6 is 11.6 Å². The number of hydrogen-bond donors (Lipinski definition) is 1. The van der Waals surface area contributed by atoms with Crippen LogP contribution in [0, 0.1) is 0 Å². The molecule has 1 N–H and O–H groups in total. The molecule has 0 saturated carbocycles. The van der Waals surface area contributed by atoms with Crippen LogP contribution in [0.3, 0.4) is 0 Å². The second-order valence-corrected chi connectivity index (χ2v) is 3.85. The van der Waals surface area contributed by atoms with Crippen LogP contribution in [0.25, 0.3) is 0 Å². The van der Waals surface area contributed by atoms with Crippen LogP contribution in [-0.2, 0) is 0 Å². The van der Waals surface area contributed by atoms with Gasteiger partial charge in [-0.1, -0.05) is 11.6 Å². The summed E-state index contributed by atoms with van der Waals surface area (Å²) < 4.78 is 2.08. The molecule has 0 aliphatic carbocycles. The molecule has 2 heterocycles.